The minimum absolute atomic E-state index is 0.154. The Kier molecular flexibility index (Phi) is 4.31. The van der Waals surface area contributed by atoms with Crippen molar-refractivity contribution in [2.24, 2.45) is 11.8 Å². The average molecular weight is 327 g/mol. The van der Waals surface area contributed by atoms with Crippen molar-refractivity contribution in [3.05, 3.63) is 34.3 Å². The molecule has 1 aromatic rings. The average Bonchev–Trinajstić information content (AvgIpc) is 2.32. The van der Waals surface area contributed by atoms with Crippen LogP contribution in [0.3, 0.4) is 0 Å². The highest BCUT2D eigenvalue weighted by Crippen LogP contribution is 2.44. The Morgan fingerprint density at radius 1 is 1.42 bits per heavy atom. The van der Waals surface area contributed by atoms with Crippen LogP contribution in [0.5, 0.6) is 0 Å². The standard InChI is InChI=1S/C15H19BrO3/c1-10(2)13(14(17)18-3)15(8-19-9-15)11-5-4-6-12(16)7-11/h4-7,10,13H,8-9H2,1-3H3. The maximum Gasteiger partial charge on any atom is 0.310 e. The molecule has 1 aliphatic rings. The van der Waals surface area contributed by atoms with Gasteiger partial charge in [0, 0.05) is 4.47 Å². The van der Waals surface area contributed by atoms with Crippen LogP contribution in [-0.2, 0) is 19.7 Å². The van der Waals surface area contributed by atoms with Crippen molar-refractivity contribution in [3.63, 3.8) is 0 Å². The van der Waals surface area contributed by atoms with Crippen LogP contribution in [-0.4, -0.2) is 26.3 Å². The van der Waals surface area contributed by atoms with Gasteiger partial charge in [0.1, 0.15) is 0 Å². The third-order valence-electron chi connectivity index (χ3n) is 3.84. The molecule has 2 rings (SSSR count). The molecule has 1 saturated heterocycles. The second-order valence-electron chi connectivity index (χ2n) is 5.40. The normalized spacial score (nSPS) is 18.8. The van der Waals surface area contributed by atoms with Crippen molar-refractivity contribution in [2.75, 3.05) is 20.3 Å². The van der Waals surface area contributed by atoms with E-state index in [1.165, 1.54) is 7.11 Å². The van der Waals surface area contributed by atoms with Gasteiger partial charge in [-0.1, -0.05) is 41.9 Å². The van der Waals surface area contributed by atoms with Gasteiger partial charge in [0.15, 0.2) is 0 Å². The van der Waals surface area contributed by atoms with E-state index >= 15 is 0 Å². The Hall–Kier alpha value is -0.870. The fourth-order valence-electron chi connectivity index (χ4n) is 2.91. The summed E-state index contributed by atoms with van der Waals surface area (Å²) in [6.45, 7) is 5.25. The molecule has 1 atom stereocenters. The van der Waals surface area contributed by atoms with Gasteiger partial charge in [-0.15, -0.1) is 0 Å². The SMILES string of the molecule is COC(=O)C(C(C)C)C1(c2cccc(Br)c2)COC1. The molecule has 1 unspecified atom stereocenters. The second-order valence-corrected chi connectivity index (χ2v) is 6.32. The van der Waals surface area contributed by atoms with E-state index in [2.05, 4.69) is 41.9 Å². The van der Waals surface area contributed by atoms with E-state index in [-0.39, 0.29) is 23.2 Å². The molecule has 1 aliphatic heterocycles. The lowest BCUT2D eigenvalue weighted by atomic mass is 9.64. The molecular formula is C15H19BrO3. The summed E-state index contributed by atoms with van der Waals surface area (Å²) < 4.78 is 11.5. The number of halogens is 1. The highest BCUT2D eigenvalue weighted by molar-refractivity contribution is 9.10. The van der Waals surface area contributed by atoms with Crippen LogP contribution >= 0.6 is 15.9 Å². The summed E-state index contributed by atoms with van der Waals surface area (Å²) in [5.74, 6) is -0.130. The lowest BCUT2D eigenvalue weighted by molar-refractivity contribution is -0.164. The molecule has 3 nitrogen and oxygen atoms in total. The van der Waals surface area contributed by atoms with Crippen molar-refractivity contribution in [1.29, 1.82) is 0 Å². The summed E-state index contributed by atoms with van der Waals surface area (Å²) in [6.07, 6.45) is 0. The van der Waals surface area contributed by atoms with Crippen molar-refractivity contribution in [1.82, 2.24) is 0 Å². The summed E-state index contributed by atoms with van der Waals surface area (Å²) in [5, 5.41) is 0. The number of rotatable bonds is 4. The maximum atomic E-state index is 12.2. The number of hydrogen-bond acceptors (Lipinski definition) is 3. The number of hydrogen-bond donors (Lipinski definition) is 0. The zero-order valence-electron chi connectivity index (χ0n) is 11.5. The molecule has 104 valence electrons. The van der Waals surface area contributed by atoms with Gasteiger partial charge in [-0.2, -0.15) is 0 Å². The lowest BCUT2D eigenvalue weighted by Gasteiger charge is -2.47. The van der Waals surface area contributed by atoms with Crippen LogP contribution in [0.1, 0.15) is 19.4 Å². The van der Waals surface area contributed by atoms with Crippen LogP contribution in [0.2, 0.25) is 0 Å². The minimum Gasteiger partial charge on any atom is -0.469 e. The number of carbonyl (C=O) groups excluding carboxylic acids is 1. The third kappa shape index (κ3) is 2.56. The van der Waals surface area contributed by atoms with Crippen molar-refractivity contribution >= 4 is 21.9 Å². The molecule has 4 heteroatoms. The number of ether oxygens (including phenoxy) is 2. The zero-order chi connectivity index (χ0) is 14.0. The Balaban J connectivity index is 2.43. The molecule has 0 saturated carbocycles. The summed E-state index contributed by atoms with van der Waals surface area (Å²) in [7, 11) is 1.45. The molecule has 0 spiro atoms. The Morgan fingerprint density at radius 2 is 2.11 bits per heavy atom. The van der Waals surface area contributed by atoms with Gasteiger partial charge < -0.3 is 9.47 Å². The largest absolute Gasteiger partial charge is 0.469 e. The van der Waals surface area contributed by atoms with E-state index in [9.17, 15) is 4.79 Å². The van der Waals surface area contributed by atoms with Crippen LogP contribution < -0.4 is 0 Å². The molecule has 19 heavy (non-hydrogen) atoms. The first-order valence-corrected chi connectivity index (χ1v) is 7.22. The molecule has 0 bridgehead atoms. The van der Waals surface area contributed by atoms with Gasteiger partial charge >= 0.3 is 5.97 Å². The Labute approximate surface area is 122 Å². The first-order chi connectivity index (χ1) is 9.01. The summed E-state index contributed by atoms with van der Waals surface area (Å²) >= 11 is 3.49. The molecule has 1 fully saturated rings. The number of esters is 1. The molecule has 0 N–H and O–H groups in total. The minimum atomic E-state index is -0.259. The Bertz CT molecular complexity index is 466. The number of methoxy groups -OCH3 is 1. The topological polar surface area (TPSA) is 35.5 Å². The Morgan fingerprint density at radius 3 is 2.53 bits per heavy atom. The van der Waals surface area contributed by atoms with Gasteiger partial charge in [-0.05, 0) is 23.6 Å². The van der Waals surface area contributed by atoms with Gasteiger partial charge in [0.25, 0.3) is 0 Å². The van der Waals surface area contributed by atoms with E-state index in [1.807, 2.05) is 12.1 Å². The van der Waals surface area contributed by atoms with Crippen molar-refractivity contribution < 1.29 is 14.3 Å². The van der Waals surface area contributed by atoms with Gasteiger partial charge in [-0.3, -0.25) is 4.79 Å². The predicted molar refractivity (Wildman–Crippen MR) is 77.0 cm³/mol. The number of carbonyl (C=O) groups is 1. The van der Waals surface area contributed by atoms with E-state index in [0.717, 1.165) is 10.0 Å². The molecule has 1 heterocycles. The fraction of sp³-hybridized carbons (Fsp3) is 0.533. The maximum absolute atomic E-state index is 12.2. The van der Waals surface area contributed by atoms with Crippen LogP contribution in [0, 0.1) is 11.8 Å². The van der Waals surface area contributed by atoms with E-state index < -0.39 is 0 Å². The van der Waals surface area contributed by atoms with E-state index in [0.29, 0.717) is 13.2 Å². The molecule has 0 aliphatic carbocycles. The summed E-state index contributed by atoms with van der Waals surface area (Å²) in [6, 6.07) is 8.11. The summed E-state index contributed by atoms with van der Waals surface area (Å²) in [4.78, 5) is 12.2. The quantitative estimate of drug-likeness (QED) is 0.797. The van der Waals surface area contributed by atoms with Gasteiger partial charge in [-0.25, -0.2) is 0 Å². The third-order valence-corrected chi connectivity index (χ3v) is 4.33. The highest BCUT2D eigenvalue weighted by Gasteiger charge is 2.52. The number of benzene rings is 1. The van der Waals surface area contributed by atoms with E-state index in [1.54, 1.807) is 0 Å². The second kappa shape index (κ2) is 5.63. The highest BCUT2D eigenvalue weighted by atomic mass is 79.9. The fourth-order valence-corrected chi connectivity index (χ4v) is 3.31. The van der Waals surface area contributed by atoms with Crippen LogP contribution in [0.25, 0.3) is 0 Å². The lowest BCUT2D eigenvalue weighted by Crippen LogP contribution is -2.56. The predicted octanol–water partition coefficient (Wildman–Crippen LogP) is 3.16. The first kappa shape index (κ1) is 14.5. The van der Waals surface area contributed by atoms with Gasteiger partial charge in [0.2, 0.25) is 0 Å². The molecular weight excluding hydrogens is 308 g/mol. The van der Waals surface area contributed by atoms with E-state index in [4.69, 9.17) is 9.47 Å². The first-order valence-electron chi connectivity index (χ1n) is 6.43. The molecule has 1 aromatic carbocycles. The summed E-state index contributed by atoms with van der Waals surface area (Å²) in [5.41, 5.74) is 0.877. The zero-order valence-corrected chi connectivity index (χ0v) is 13.1. The monoisotopic (exact) mass is 326 g/mol. The van der Waals surface area contributed by atoms with Gasteiger partial charge in [0.05, 0.1) is 31.7 Å². The van der Waals surface area contributed by atoms with Crippen LogP contribution in [0.15, 0.2) is 28.7 Å². The van der Waals surface area contributed by atoms with Crippen molar-refractivity contribution in [3.8, 4) is 0 Å². The molecule has 0 aromatic heterocycles. The molecule has 0 amide bonds. The van der Waals surface area contributed by atoms with Crippen molar-refractivity contribution in [2.45, 2.75) is 19.3 Å². The molecule has 0 radical (unpaired) electrons. The van der Waals surface area contributed by atoms with Crippen LogP contribution in [0.4, 0.5) is 0 Å². The smallest absolute Gasteiger partial charge is 0.310 e.